The van der Waals surface area contributed by atoms with Crippen molar-refractivity contribution in [2.24, 2.45) is 5.84 Å². The second-order valence-corrected chi connectivity index (χ2v) is 5.22. The summed E-state index contributed by atoms with van der Waals surface area (Å²) in [7, 11) is 0. The standard InChI is InChI=1S/C13H17N3O2S/c14-16-12(17)8-2-1-5-9-19-13-15-10-6-3-4-7-11(10)18-13/h3-4,6-7H,1-2,5,8-9,14H2,(H,16,17). The molecule has 0 atom stereocenters. The molecule has 0 saturated carbocycles. The number of amides is 1. The molecular formula is C13H17N3O2S. The molecule has 1 amide bonds. The minimum absolute atomic E-state index is 0.105. The number of hydrogen-bond donors (Lipinski definition) is 2. The van der Waals surface area contributed by atoms with Crippen LogP contribution in [-0.4, -0.2) is 16.6 Å². The van der Waals surface area contributed by atoms with Gasteiger partial charge in [-0.05, 0) is 25.0 Å². The lowest BCUT2D eigenvalue weighted by molar-refractivity contribution is -0.121. The summed E-state index contributed by atoms with van der Waals surface area (Å²) in [5.74, 6) is 5.84. The number of carbonyl (C=O) groups excluding carboxylic acids is 1. The maximum Gasteiger partial charge on any atom is 0.256 e. The number of nitrogens with one attached hydrogen (secondary N) is 1. The van der Waals surface area contributed by atoms with Gasteiger partial charge in [0.2, 0.25) is 5.91 Å². The van der Waals surface area contributed by atoms with Gasteiger partial charge in [0.1, 0.15) is 5.52 Å². The predicted octanol–water partition coefficient (Wildman–Crippen LogP) is 2.47. The molecule has 0 bridgehead atoms. The summed E-state index contributed by atoms with van der Waals surface area (Å²) in [6.07, 6.45) is 3.38. The number of benzene rings is 1. The Kier molecular flexibility index (Phi) is 5.23. The van der Waals surface area contributed by atoms with E-state index in [2.05, 4.69) is 10.4 Å². The number of hydrogen-bond acceptors (Lipinski definition) is 5. The minimum Gasteiger partial charge on any atom is -0.431 e. The number of aromatic nitrogens is 1. The number of carbonyl (C=O) groups is 1. The van der Waals surface area contributed by atoms with Crippen molar-refractivity contribution in [3.8, 4) is 0 Å². The van der Waals surface area contributed by atoms with Gasteiger partial charge in [-0.15, -0.1) is 0 Å². The lowest BCUT2D eigenvalue weighted by Crippen LogP contribution is -2.29. The summed E-state index contributed by atoms with van der Waals surface area (Å²) in [4.78, 5) is 15.3. The molecule has 5 nitrogen and oxygen atoms in total. The van der Waals surface area contributed by atoms with Crippen LogP contribution in [-0.2, 0) is 4.79 Å². The van der Waals surface area contributed by atoms with E-state index in [0.29, 0.717) is 11.6 Å². The van der Waals surface area contributed by atoms with Crippen molar-refractivity contribution in [3.63, 3.8) is 0 Å². The third kappa shape index (κ3) is 4.25. The van der Waals surface area contributed by atoms with Gasteiger partial charge in [-0.25, -0.2) is 10.8 Å². The molecule has 6 heteroatoms. The Morgan fingerprint density at radius 3 is 2.95 bits per heavy atom. The monoisotopic (exact) mass is 279 g/mol. The van der Waals surface area contributed by atoms with E-state index in [4.69, 9.17) is 10.3 Å². The summed E-state index contributed by atoms with van der Waals surface area (Å²) < 4.78 is 5.60. The van der Waals surface area contributed by atoms with E-state index < -0.39 is 0 Å². The molecule has 19 heavy (non-hydrogen) atoms. The Bertz CT molecular complexity index is 508. The second-order valence-electron chi connectivity index (χ2n) is 4.17. The summed E-state index contributed by atoms with van der Waals surface area (Å²) in [5, 5.41) is 0.709. The summed E-state index contributed by atoms with van der Waals surface area (Å²) in [6, 6.07) is 7.73. The fourth-order valence-corrected chi connectivity index (χ4v) is 2.54. The second kappa shape index (κ2) is 7.16. The normalized spacial score (nSPS) is 10.8. The number of oxazole rings is 1. The molecule has 0 aliphatic rings. The maximum atomic E-state index is 10.9. The van der Waals surface area contributed by atoms with Crippen molar-refractivity contribution >= 4 is 28.8 Å². The number of unbranched alkanes of at least 4 members (excludes halogenated alkanes) is 2. The third-order valence-corrected chi connectivity index (χ3v) is 3.62. The Morgan fingerprint density at radius 1 is 1.32 bits per heavy atom. The van der Waals surface area contributed by atoms with Gasteiger partial charge >= 0.3 is 0 Å². The number of rotatable bonds is 7. The molecule has 0 spiro atoms. The van der Waals surface area contributed by atoms with E-state index in [9.17, 15) is 4.79 Å². The third-order valence-electron chi connectivity index (χ3n) is 2.71. The van der Waals surface area contributed by atoms with Crippen LogP contribution in [0.3, 0.4) is 0 Å². The smallest absolute Gasteiger partial charge is 0.256 e. The predicted molar refractivity (Wildman–Crippen MR) is 75.5 cm³/mol. The van der Waals surface area contributed by atoms with E-state index >= 15 is 0 Å². The average Bonchev–Trinajstić information content (AvgIpc) is 2.84. The van der Waals surface area contributed by atoms with Crippen LogP contribution in [0.4, 0.5) is 0 Å². The van der Waals surface area contributed by atoms with Crippen molar-refractivity contribution in [2.75, 3.05) is 5.75 Å². The van der Waals surface area contributed by atoms with Gasteiger partial charge in [0.15, 0.2) is 5.58 Å². The summed E-state index contributed by atoms with van der Waals surface area (Å²) in [6.45, 7) is 0. The van der Waals surface area contributed by atoms with Gasteiger partial charge in [-0.2, -0.15) is 0 Å². The molecule has 0 aliphatic heterocycles. The molecule has 102 valence electrons. The zero-order valence-corrected chi connectivity index (χ0v) is 11.4. The minimum atomic E-state index is -0.105. The summed E-state index contributed by atoms with van der Waals surface area (Å²) in [5.41, 5.74) is 3.84. The molecule has 0 aliphatic carbocycles. The molecule has 2 rings (SSSR count). The molecule has 3 N–H and O–H groups in total. The molecule has 2 aromatic rings. The Morgan fingerprint density at radius 2 is 2.16 bits per heavy atom. The van der Waals surface area contributed by atoms with Crippen molar-refractivity contribution < 1.29 is 9.21 Å². The van der Waals surface area contributed by atoms with Crippen LogP contribution < -0.4 is 11.3 Å². The fraction of sp³-hybridized carbons (Fsp3) is 0.385. The Balaban J connectivity index is 1.67. The van der Waals surface area contributed by atoms with Crippen molar-refractivity contribution in [3.05, 3.63) is 24.3 Å². The van der Waals surface area contributed by atoms with Gasteiger partial charge in [-0.1, -0.05) is 30.3 Å². The molecule has 0 unspecified atom stereocenters. The number of nitrogens with two attached hydrogens (primary N) is 1. The van der Waals surface area contributed by atoms with E-state index in [1.165, 1.54) is 0 Å². The zero-order valence-electron chi connectivity index (χ0n) is 10.6. The maximum absolute atomic E-state index is 10.9. The van der Waals surface area contributed by atoms with E-state index in [1.807, 2.05) is 24.3 Å². The highest BCUT2D eigenvalue weighted by atomic mass is 32.2. The molecule has 0 radical (unpaired) electrons. The van der Waals surface area contributed by atoms with E-state index in [-0.39, 0.29) is 5.91 Å². The van der Waals surface area contributed by atoms with Crippen LogP contribution in [0.1, 0.15) is 25.7 Å². The molecule has 1 aromatic carbocycles. The topological polar surface area (TPSA) is 81.1 Å². The summed E-state index contributed by atoms with van der Waals surface area (Å²) >= 11 is 1.61. The van der Waals surface area contributed by atoms with Crippen LogP contribution in [0.25, 0.3) is 11.1 Å². The fourth-order valence-electron chi connectivity index (χ4n) is 1.71. The highest BCUT2D eigenvalue weighted by Gasteiger charge is 2.05. The van der Waals surface area contributed by atoms with Crippen molar-refractivity contribution in [1.29, 1.82) is 0 Å². The Hall–Kier alpha value is -1.53. The van der Waals surface area contributed by atoms with Crippen molar-refractivity contribution in [2.45, 2.75) is 30.9 Å². The first-order chi connectivity index (χ1) is 9.29. The number of fused-ring (bicyclic) bond motifs is 1. The van der Waals surface area contributed by atoms with Crippen LogP contribution in [0.5, 0.6) is 0 Å². The molecule has 1 heterocycles. The number of para-hydroxylation sites is 2. The van der Waals surface area contributed by atoms with E-state index in [0.717, 1.165) is 36.1 Å². The number of thioether (sulfide) groups is 1. The highest BCUT2D eigenvalue weighted by Crippen LogP contribution is 2.24. The van der Waals surface area contributed by atoms with Crippen LogP contribution in [0.15, 0.2) is 33.9 Å². The molecule has 0 saturated heterocycles. The van der Waals surface area contributed by atoms with Crippen LogP contribution in [0, 0.1) is 0 Å². The van der Waals surface area contributed by atoms with Crippen LogP contribution >= 0.6 is 11.8 Å². The first-order valence-corrected chi connectivity index (χ1v) is 7.26. The largest absolute Gasteiger partial charge is 0.431 e. The quantitative estimate of drug-likeness (QED) is 0.267. The molecule has 1 aromatic heterocycles. The lowest BCUT2D eigenvalue weighted by Gasteiger charge is -1.99. The average molecular weight is 279 g/mol. The van der Waals surface area contributed by atoms with Crippen LogP contribution in [0.2, 0.25) is 0 Å². The zero-order chi connectivity index (χ0) is 13.5. The molecular weight excluding hydrogens is 262 g/mol. The SMILES string of the molecule is NNC(=O)CCCCCSc1nc2ccccc2o1. The van der Waals surface area contributed by atoms with Crippen molar-refractivity contribution in [1.82, 2.24) is 10.4 Å². The van der Waals surface area contributed by atoms with E-state index in [1.54, 1.807) is 11.8 Å². The number of nitrogens with zero attached hydrogens (tertiary/aromatic N) is 1. The van der Waals surface area contributed by atoms with Gasteiger partial charge in [0.25, 0.3) is 5.22 Å². The van der Waals surface area contributed by atoms with Gasteiger partial charge in [-0.3, -0.25) is 10.2 Å². The molecule has 0 fully saturated rings. The Labute approximate surface area is 115 Å². The van der Waals surface area contributed by atoms with Gasteiger partial charge in [0, 0.05) is 12.2 Å². The highest BCUT2D eigenvalue weighted by molar-refractivity contribution is 7.99. The van der Waals surface area contributed by atoms with Gasteiger partial charge < -0.3 is 4.42 Å². The first-order valence-electron chi connectivity index (χ1n) is 6.27. The lowest BCUT2D eigenvalue weighted by atomic mass is 10.2. The number of hydrazine groups is 1. The first kappa shape index (κ1) is 13.9. The van der Waals surface area contributed by atoms with Gasteiger partial charge in [0.05, 0.1) is 0 Å².